The molecule has 2 aliphatic rings. The smallest absolute Gasteiger partial charge is 0.220 e. The van der Waals surface area contributed by atoms with E-state index < -0.39 is 0 Å². The van der Waals surface area contributed by atoms with Crippen LogP contribution in [0.25, 0.3) is 0 Å². The quantitative estimate of drug-likeness (QED) is 0.683. The van der Waals surface area contributed by atoms with Crippen LogP contribution in [0.2, 0.25) is 0 Å². The van der Waals surface area contributed by atoms with Crippen molar-refractivity contribution in [2.45, 2.75) is 52.0 Å². The Morgan fingerprint density at radius 1 is 1.14 bits per heavy atom. The number of carbonyl (C=O) groups is 1. The number of nitrogens with one attached hydrogen (secondary N) is 1. The van der Waals surface area contributed by atoms with E-state index in [0.717, 1.165) is 18.3 Å². The lowest BCUT2D eigenvalue weighted by Gasteiger charge is -2.31. The fourth-order valence-electron chi connectivity index (χ4n) is 3.10. The highest BCUT2D eigenvalue weighted by atomic mass is 16.1. The second-order valence-corrected chi connectivity index (χ2v) is 5.24. The Bertz CT molecular complexity index is 218. The first kappa shape index (κ1) is 10.0. The zero-order chi connectivity index (χ0) is 10.1. The largest absolute Gasteiger partial charge is 0.353 e. The minimum absolute atomic E-state index is 0.265. The summed E-state index contributed by atoms with van der Waals surface area (Å²) in [6.07, 6.45) is 6.18. The molecule has 1 N–H and O–H groups in total. The van der Waals surface area contributed by atoms with Gasteiger partial charge in [-0.15, -0.1) is 0 Å². The standard InChI is InChI=1S/C12H21NO/c1-8-3-5-10(6-4-8)11-7-12(14)13-9(11)2/h8-11H,3-7H2,1-2H3,(H,13,14). The summed E-state index contributed by atoms with van der Waals surface area (Å²) in [6.45, 7) is 4.51. The van der Waals surface area contributed by atoms with Crippen molar-refractivity contribution in [3.63, 3.8) is 0 Å². The van der Waals surface area contributed by atoms with E-state index in [1.165, 1.54) is 25.7 Å². The maximum Gasteiger partial charge on any atom is 0.220 e. The number of rotatable bonds is 1. The van der Waals surface area contributed by atoms with E-state index >= 15 is 0 Å². The third-order valence-corrected chi connectivity index (χ3v) is 4.12. The topological polar surface area (TPSA) is 29.1 Å². The van der Waals surface area contributed by atoms with Gasteiger partial charge in [0.25, 0.3) is 0 Å². The highest BCUT2D eigenvalue weighted by Crippen LogP contribution is 2.37. The lowest BCUT2D eigenvalue weighted by Crippen LogP contribution is -2.30. The zero-order valence-corrected chi connectivity index (χ0v) is 9.25. The lowest BCUT2D eigenvalue weighted by atomic mass is 9.74. The molecule has 2 nitrogen and oxygen atoms in total. The van der Waals surface area contributed by atoms with Crippen molar-refractivity contribution in [2.24, 2.45) is 17.8 Å². The predicted octanol–water partition coefficient (Wildman–Crippen LogP) is 2.34. The number of hydrogen-bond donors (Lipinski definition) is 1. The van der Waals surface area contributed by atoms with Gasteiger partial charge in [-0.05, 0) is 37.5 Å². The average molecular weight is 195 g/mol. The first-order chi connectivity index (χ1) is 6.66. The van der Waals surface area contributed by atoms with E-state index in [1.54, 1.807) is 0 Å². The Balaban J connectivity index is 1.92. The molecule has 0 aromatic rings. The van der Waals surface area contributed by atoms with E-state index in [9.17, 15) is 4.79 Å². The molecule has 1 saturated carbocycles. The van der Waals surface area contributed by atoms with Gasteiger partial charge < -0.3 is 5.32 Å². The van der Waals surface area contributed by atoms with Crippen LogP contribution in [-0.4, -0.2) is 11.9 Å². The fraction of sp³-hybridized carbons (Fsp3) is 0.917. The van der Waals surface area contributed by atoms with Crippen LogP contribution >= 0.6 is 0 Å². The molecule has 2 rings (SSSR count). The summed E-state index contributed by atoms with van der Waals surface area (Å²) in [5, 5.41) is 3.04. The molecule has 2 heteroatoms. The zero-order valence-electron chi connectivity index (χ0n) is 9.25. The molecule has 0 radical (unpaired) electrons. The Labute approximate surface area is 86.5 Å². The van der Waals surface area contributed by atoms with Gasteiger partial charge in [-0.3, -0.25) is 4.79 Å². The molecule has 1 saturated heterocycles. The second-order valence-electron chi connectivity index (χ2n) is 5.24. The monoisotopic (exact) mass is 195 g/mol. The molecule has 2 unspecified atom stereocenters. The Morgan fingerprint density at radius 3 is 2.29 bits per heavy atom. The van der Waals surface area contributed by atoms with Crippen molar-refractivity contribution in [3.8, 4) is 0 Å². The first-order valence-electron chi connectivity index (χ1n) is 5.96. The molecule has 1 heterocycles. The van der Waals surface area contributed by atoms with Crippen molar-refractivity contribution in [1.82, 2.24) is 5.32 Å². The third-order valence-electron chi connectivity index (χ3n) is 4.12. The molecule has 0 aromatic heterocycles. The van der Waals surface area contributed by atoms with Gasteiger partial charge in [0.05, 0.1) is 0 Å². The minimum Gasteiger partial charge on any atom is -0.353 e. The van der Waals surface area contributed by atoms with Crippen LogP contribution in [0.4, 0.5) is 0 Å². The number of amides is 1. The molecular weight excluding hydrogens is 174 g/mol. The van der Waals surface area contributed by atoms with Crippen LogP contribution in [0.3, 0.4) is 0 Å². The van der Waals surface area contributed by atoms with Gasteiger partial charge in [-0.1, -0.05) is 19.8 Å². The van der Waals surface area contributed by atoms with E-state index in [-0.39, 0.29) is 5.91 Å². The maximum atomic E-state index is 11.3. The molecule has 0 spiro atoms. The highest BCUT2D eigenvalue weighted by molar-refractivity contribution is 5.78. The summed E-state index contributed by atoms with van der Waals surface area (Å²) in [5.74, 6) is 2.60. The number of carbonyl (C=O) groups excluding carboxylic acids is 1. The Morgan fingerprint density at radius 2 is 1.79 bits per heavy atom. The summed E-state index contributed by atoms with van der Waals surface area (Å²) < 4.78 is 0. The van der Waals surface area contributed by atoms with E-state index in [4.69, 9.17) is 0 Å². The SMILES string of the molecule is CC1CCC(C2CC(=O)NC2C)CC1. The van der Waals surface area contributed by atoms with Crippen molar-refractivity contribution in [1.29, 1.82) is 0 Å². The van der Waals surface area contributed by atoms with Crippen LogP contribution < -0.4 is 5.32 Å². The summed E-state index contributed by atoms with van der Waals surface area (Å²) in [7, 11) is 0. The summed E-state index contributed by atoms with van der Waals surface area (Å²) in [6, 6.07) is 0.418. The van der Waals surface area contributed by atoms with Crippen molar-refractivity contribution in [2.75, 3.05) is 0 Å². The van der Waals surface area contributed by atoms with E-state index in [0.29, 0.717) is 12.0 Å². The van der Waals surface area contributed by atoms with Crippen LogP contribution in [-0.2, 0) is 4.79 Å². The Hall–Kier alpha value is -0.530. The van der Waals surface area contributed by atoms with Crippen LogP contribution in [0, 0.1) is 17.8 Å². The van der Waals surface area contributed by atoms with Crippen LogP contribution in [0.5, 0.6) is 0 Å². The van der Waals surface area contributed by atoms with Gasteiger partial charge in [0.15, 0.2) is 0 Å². The van der Waals surface area contributed by atoms with Crippen LogP contribution in [0.15, 0.2) is 0 Å². The van der Waals surface area contributed by atoms with Gasteiger partial charge in [0, 0.05) is 12.5 Å². The lowest BCUT2D eigenvalue weighted by molar-refractivity contribution is -0.119. The minimum atomic E-state index is 0.265. The molecule has 1 amide bonds. The summed E-state index contributed by atoms with van der Waals surface area (Å²) >= 11 is 0. The van der Waals surface area contributed by atoms with Gasteiger partial charge in [-0.25, -0.2) is 0 Å². The normalized spacial score (nSPS) is 43.7. The van der Waals surface area contributed by atoms with Gasteiger partial charge in [-0.2, -0.15) is 0 Å². The van der Waals surface area contributed by atoms with Gasteiger partial charge >= 0.3 is 0 Å². The summed E-state index contributed by atoms with van der Waals surface area (Å²) in [4.78, 5) is 11.3. The average Bonchev–Trinajstić information content (AvgIpc) is 2.47. The molecule has 14 heavy (non-hydrogen) atoms. The molecule has 1 aliphatic heterocycles. The molecule has 0 bridgehead atoms. The van der Waals surface area contributed by atoms with E-state index in [2.05, 4.69) is 19.2 Å². The molecule has 1 aliphatic carbocycles. The predicted molar refractivity (Wildman–Crippen MR) is 56.8 cm³/mol. The molecule has 2 fully saturated rings. The van der Waals surface area contributed by atoms with Crippen molar-refractivity contribution in [3.05, 3.63) is 0 Å². The molecule has 2 atom stereocenters. The maximum absolute atomic E-state index is 11.3. The Kier molecular flexibility index (Phi) is 2.80. The molecule has 0 aromatic carbocycles. The van der Waals surface area contributed by atoms with Crippen molar-refractivity contribution < 1.29 is 4.79 Å². The van der Waals surface area contributed by atoms with Gasteiger partial charge in [0.2, 0.25) is 5.91 Å². The summed E-state index contributed by atoms with van der Waals surface area (Å²) in [5.41, 5.74) is 0. The highest BCUT2D eigenvalue weighted by Gasteiger charge is 2.36. The van der Waals surface area contributed by atoms with Crippen LogP contribution in [0.1, 0.15) is 46.0 Å². The van der Waals surface area contributed by atoms with Crippen molar-refractivity contribution >= 4 is 5.91 Å². The number of hydrogen-bond acceptors (Lipinski definition) is 1. The third kappa shape index (κ3) is 1.94. The molecular formula is C12H21NO. The molecule has 80 valence electrons. The first-order valence-corrected chi connectivity index (χ1v) is 5.96. The fourth-order valence-corrected chi connectivity index (χ4v) is 3.10. The van der Waals surface area contributed by atoms with E-state index in [1.807, 2.05) is 0 Å². The second kappa shape index (κ2) is 3.92. The van der Waals surface area contributed by atoms with Gasteiger partial charge in [0.1, 0.15) is 0 Å².